The number of primary amides is 1. The quantitative estimate of drug-likeness (QED) is 0.943. The van der Waals surface area contributed by atoms with Crippen molar-refractivity contribution in [2.45, 2.75) is 25.9 Å². The molecule has 0 aliphatic rings. The summed E-state index contributed by atoms with van der Waals surface area (Å²) in [5.41, 5.74) is 3.72. The molecule has 0 unspecified atom stereocenters. The van der Waals surface area contributed by atoms with Crippen molar-refractivity contribution in [3.8, 4) is 5.69 Å². The van der Waals surface area contributed by atoms with Gasteiger partial charge in [0, 0.05) is 24.5 Å². The van der Waals surface area contributed by atoms with E-state index in [0.717, 1.165) is 18.6 Å². The summed E-state index contributed by atoms with van der Waals surface area (Å²) in [7, 11) is 0. The number of amides is 1. The third-order valence-corrected chi connectivity index (χ3v) is 3.04. The summed E-state index contributed by atoms with van der Waals surface area (Å²) < 4.78 is 40.7. The van der Waals surface area contributed by atoms with E-state index in [2.05, 4.69) is 4.98 Å². The lowest BCUT2D eigenvalue weighted by Gasteiger charge is -2.14. The number of carbonyl (C=O) groups excluding carboxylic acids is 1. The summed E-state index contributed by atoms with van der Waals surface area (Å²) in [6.45, 7) is 1.95. The number of hydrogen-bond donors (Lipinski definition) is 1. The minimum atomic E-state index is -4.65. The second kappa shape index (κ2) is 5.59. The van der Waals surface area contributed by atoms with E-state index >= 15 is 0 Å². The third-order valence-electron chi connectivity index (χ3n) is 3.04. The first-order chi connectivity index (χ1) is 9.84. The maximum absolute atomic E-state index is 13.0. The van der Waals surface area contributed by atoms with Gasteiger partial charge in [0.15, 0.2) is 0 Å². The molecule has 0 radical (unpaired) electrons. The average Bonchev–Trinajstić information content (AvgIpc) is 2.85. The standard InChI is InChI=1S/C14H14F3N3O/c1-2-3-12-19-6-7-20(12)9-4-5-10(13(18)21)11(8-9)14(15,16)17/h4-8H,2-3H2,1H3,(H2,18,21). The first-order valence-corrected chi connectivity index (χ1v) is 6.38. The van der Waals surface area contributed by atoms with Crippen LogP contribution in [0, 0.1) is 0 Å². The van der Waals surface area contributed by atoms with Crippen molar-refractivity contribution in [3.05, 3.63) is 47.5 Å². The number of carbonyl (C=O) groups is 1. The number of aromatic nitrogens is 2. The molecule has 0 bridgehead atoms. The summed E-state index contributed by atoms with van der Waals surface area (Å²) in [5.74, 6) is -0.439. The Morgan fingerprint density at radius 3 is 2.67 bits per heavy atom. The molecule has 0 saturated carbocycles. The molecule has 2 N–H and O–H groups in total. The van der Waals surface area contributed by atoms with Gasteiger partial charge < -0.3 is 10.3 Å². The molecule has 1 aromatic heterocycles. The summed E-state index contributed by atoms with van der Waals surface area (Å²) in [6, 6.07) is 3.44. The molecule has 112 valence electrons. The van der Waals surface area contributed by atoms with Crippen LogP contribution in [0.1, 0.15) is 35.1 Å². The number of nitrogens with two attached hydrogens (primary N) is 1. The molecule has 0 atom stereocenters. The van der Waals surface area contributed by atoms with Crippen molar-refractivity contribution in [2.75, 3.05) is 0 Å². The number of benzene rings is 1. The number of hydrogen-bond acceptors (Lipinski definition) is 2. The average molecular weight is 297 g/mol. The van der Waals surface area contributed by atoms with Crippen LogP contribution in [0.15, 0.2) is 30.6 Å². The normalized spacial score (nSPS) is 11.6. The van der Waals surface area contributed by atoms with Crippen molar-refractivity contribution in [3.63, 3.8) is 0 Å². The predicted octanol–water partition coefficient (Wildman–Crippen LogP) is 2.94. The lowest BCUT2D eigenvalue weighted by Crippen LogP contribution is -2.19. The van der Waals surface area contributed by atoms with Gasteiger partial charge in [0.25, 0.3) is 0 Å². The van der Waals surface area contributed by atoms with Crippen molar-refractivity contribution < 1.29 is 18.0 Å². The highest BCUT2D eigenvalue weighted by molar-refractivity contribution is 5.94. The number of aryl methyl sites for hydroxylation is 1. The van der Waals surface area contributed by atoms with Crippen LogP contribution in [-0.4, -0.2) is 15.5 Å². The highest BCUT2D eigenvalue weighted by Crippen LogP contribution is 2.33. The van der Waals surface area contributed by atoms with E-state index < -0.39 is 23.2 Å². The van der Waals surface area contributed by atoms with Crippen LogP contribution in [0.5, 0.6) is 0 Å². The van der Waals surface area contributed by atoms with Crippen LogP contribution >= 0.6 is 0 Å². The summed E-state index contributed by atoms with van der Waals surface area (Å²) in [4.78, 5) is 15.3. The molecule has 0 fully saturated rings. The zero-order chi connectivity index (χ0) is 15.6. The fourth-order valence-electron chi connectivity index (χ4n) is 2.11. The van der Waals surface area contributed by atoms with E-state index in [4.69, 9.17) is 5.73 Å². The van der Waals surface area contributed by atoms with E-state index in [0.29, 0.717) is 17.9 Å². The van der Waals surface area contributed by atoms with Gasteiger partial charge in [-0.15, -0.1) is 0 Å². The molecule has 7 heteroatoms. The number of rotatable bonds is 4. The lowest BCUT2D eigenvalue weighted by atomic mass is 10.1. The second-order valence-corrected chi connectivity index (χ2v) is 4.56. The fourth-order valence-corrected chi connectivity index (χ4v) is 2.11. The molecule has 21 heavy (non-hydrogen) atoms. The number of alkyl halides is 3. The van der Waals surface area contributed by atoms with Gasteiger partial charge in [-0.05, 0) is 24.6 Å². The Labute approximate surface area is 119 Å². The monoisotopic (exact) mass is 297 g/mol. The zero-order valence-corrected chi connectivity index (χ0v) is 11.3. The Morgan fingerprint density at radius 2 is 2.10 bits per heavy atom. The molecule has 1 heterocycles. The van der Waals surface area contributed by atoms with Crippen LogP contribution in [0.25, 0.3) is 5.69 Å². The van der Waals surface area contributed by atoms with Crippen LogP contribution in [0.3, 0.4) is 0 Å². The summed E-state index contributed by atoms with van der Waals surface area (Å²) in [5, 5.41) is 0. The minimum absolute atomic E-state index is 0.299. The zero-order valence-electron chi connectivity index (χ0n) is 11.3. The lowest BCUT2D eigenvalue weighted by molar-refractivity contribution is -0.137. The van der Waals surface area contributed by atoms with Gasteiger partial charge in [-0.2, -0.15) is 13.2 Å². The Bertz CT molecular complexity index is 662. The van der Waals surface area contributed by atoms with Gasteiger partial charge >= 0.3 is 6.18 Å². The predicted molar refractivity (Wildman–Crippen MR) is 71.1 cm³/mol. The SMILES string of the molecule is CCCc1nccn1-c1ccc(C(N)=O)c(C(F)(F)F)c1. The maximum Gasteiger partial charge on any atom is 0.417 e. The van der Waals surface area contributed by atoms with Crippen molar-refractivity contribution in [1.29, 1.82) is 0 Å². The van der Waals surface area contributed by atoms with Gasteiger partial charge in [-0.1, -0.05) is 6.92 Å². The number of nitrogens with zero attached hydrogens (tertiary/aromatic N) is 2. The van der Waals surface area contributed by atoms with E-state index in [1.54, 1.807) is 10.8 Å². The van der Waals surface area contributed by atoms with Crippen molar-refractivity contribution in [2.24, 2.45) is 5.73 Å². The van der Waals surface area contributed by atoms with Crippen LogP contribution in [0.4, 0.5) is 13.2 Å². The van der Waals surface area contributed by atoms with Gasteiger partial charge in [0.2, 0.25) is 5.91 Å². The van der Waals surface area contributed by atoms with Crippen molar-refractivity contribution >= 4 is 5.91 Å². The molecule has 4 nitrogen and oxygen atoms in total. The topological polar surface area (TPSA) is 60.9 Å². The molecule has 2 aromatic rings. The molecule has 1 aromatic carbocycles. The molecule has 1 amide bonds. The molecular formula is C14H14F3N3O. The number of imidazole rings is 1. The van der Waals surface area contributed by atoms with Gasteiger partial charge in [0.1, 0.15) is 5.82 Å². The van der Waals surface area contributed by atoms with Crippen LogP contribution < -0.4 is 5.73 Å². The minimum Gasteiger partial charge on any atom is -0.366 e. The Kier molecular flexibility index (Phi) is 4.02. The molecule has 2 rings (SSSR count). The van der Waals surface area contributed by atoms with Crippen LogP contribution in [-0.2, 0) is 12.6 Å². The third kappa shape index (κ3) is 3.07. The van der Waals surface area contributed by atoms with Gasteiger partial charge in [-0.25, -0.2) is 4.98 Å². The summed E-state index contributed by atoms with van der Waals surface area (Å²) >= 11 is 0. The highest BCUT2D eigenvalue weighted by Gasteiger charge is 2.35. The smallest absolute Gasteiger partial charge is 0.366 e. The van der Waals surface area contributed by atoms with Crippen LogP contribution in [0.2, 0.25) is 0 Å². The first-order valence-electron chi connectivity index (χ1n) is 6.38. The van der Waals surface area contributed by atoms with E-state index in [1.165, 1.54) is 12.3 Å². The number of halogens is 3. The van der Waals surface area contributed by atoms with Gasteiger partial charge in [-0.3, -0.25) is 4.79 Å². The van der Waals surface area contributed by atoms with Crippen molar-refractivity contribution in [1.82, 2.24) is 9.55 Å². The van der Waals surface area contributed by atoms with E-state index in [9.17, 15) is 18.0 Å². The maximum atomic E-state index is 13.0. The highest BCUT2D eigenvalue weighted by atomic mass is 19.4. The molecule has 0 saturated heterocycles. The summed E-state index contributed by atoms with van der Waals surface area (Å²) in [6.07, 6.45) is -0.0645. The van der Waals surface area contributed by atoms with Gasteiger partial charge in [0.05, 0.1) is 11.1 Å². The fraction of sp³-hybridized carbons (Fsp3) is 0.286. The Hall–Kier alpha value is -2.31. The molecule has 0 aliphatic carbocycles. The van der Waals surface area contributed by atoms with E-state index in [-0.39, 0.29) is 0 Å². The molecule has 0 aliphatic heterocycles. The first kappa shape index (κ1) is 15.1. The van der Waals surface area contributed by atoms with E-state index in [1.807, 2.05) is 6.92 Å². The molecular weight excluding hydrogens is 283 g/mol. The largest absolute Gasteiger partial charge is 0.417 e. The second-order valence-electron chi connectivity index (χ2n) is 4.56. The molecule has 0 spiro atoms. The Balaban J connectivity index is 2.57. The Morgan fingerprint density at radius 1 is 1.38 bits per heavy atom.